The molecule has 3 rings (SSSR count). The van der Waals surface area contributed by atoms with E-state index in [9.17, 15) is 4.79 Å². The van der Waals surface area contributed by atoms with Crippen LogP contribution in [-0.4, -0.2) is 45.8 Å². The first kappa shape index (κ1) is 13.7. The Balaban J connectivity index is 1.80. The van der Waals surface area contributed by atoms with Crippen LogP contribution in [0.25, 0.3) is 22.4 Å². The lowest BCUT2D eigenvalue weighted by molar-refractivity contribution is -0.125. The fourth-order valence-electron chi connectivity index (χ4n) is 1.88. The minimum atomic E-state index is 0.00634. The summed E-state index contributed by atoms with van der Waals surface area (Å²) in [5, 5.41) is 9.44. The van der Waals surface area contributed by atoms with E-state index in [-0.39, 0.29) is 11.7 Å². The molecule has 0 saturated carbocycles. The van der Waals surface area contributed by atoms with Crippen molar-refractivity contribution in [1.29, 1.82) is 0 Å². The molecule has 3 aromatic rings. The van der Waals surface area contributed by atoms with Crippen molar-refractivity contribution in [2.24, 2.45) is 0 Å². The highest BCUT2D eigenvalue weighted by Gasteiger charge is 2.14. The highest BCUT2D eigenvalue weighted by atomic mass is 32.2. The maximum absolute atomic E-state index is 11.5. The monoisotopic (exact) mass is 302 g/mol. The molecule has 0 unspecified atom stereocenters. The SMILES string of the molecule is CN(C)C(=O)CSc1nnc(-c2c[nH]c3ccccc23)o1. The lowest BCUT2D eigenvalue weighted by Gasteiger charge is -2.07. The molecule has 1 N–H and O–H groups in total. The van der Waals surface area contributed by atoms with Gasteiger partial charge in [0.15, 0.2) is 0 Å². The number of carbonyl (C=O) groups excluding carboxylic acids is 1. The molecule has 1 amide bonds. The number of amides is 1. The van der Waals surface area contributed by atoms with E-state index in [1.54, 1.807) is 14.1 Å². The second kappa shape index (κ2) is 5.61. The summed E-state index contributed by atoms with van der Waals surface area (Å²) in [7, 11) is 3.43. The first-order valence-electron chi connectivity index (χ1n) is 6.38. The molecule has 0 saturated heterocycles. The van der Waals surface area contributed by atoms with Gasteiger partial charge in [0.1, 0.15) is 0 Å². The molecule has 7 heteroatoms. The fraction of sp³-hybridized carbons (Fsp3) is 0.214. The van der Waals surface area contributed by atoms with Crippen molar-refractivity contribution in [2.75, 3.05) is 19.8 Å². The Labute approximate surface area is 125 Å². The second-order valence-corrected chi connectivity index (χ2v) is 5.62. The van der Waals surface area contributed by atoms with Gasteiger partial charge in [0.2, 0.25) is 5.91 Å². The first-order chi connectivity index (χ1) is 10.1. The van der Waals surface area contributed by atoms with Crippen LogP contribution in [-0.2, 0) is 4.79 Å². The molecule has 0 fully saturated rings. The van der Waals surface area contributed by atoms with Gasteiger partial charge < -0.3 is 14.3 Å². The Morgan fingerprint density at radius 3 is 2.95 bits per heavy atom. The van der Waals surface area contributed by atoms with Crippen LogP contribution in [0.1, 0.15) is 0 Å². The van der Waals surface area contributed by atoms with E-state index in [4.69, 9.17) is 4.42 Å². The molecule has 0 aliphatic carbocycles. The number of fused-ring (bicyclic) bond motifs is 1. The number of hydrogen-bond donors (Lipinski definition) is 1. The summed E-state index contributed by atoms with van der Waals surface area (Å²) < 4.78 is 5.62. The molecule has 1 aromatic carbocycles. The largest absolute Gasteiger partial charge is 0.411 e. The zero-order valence-corrected chi connectivity index (χ0v) is 12.5. The maximum Gasteiger partial charge on any atom is 0.277 e. The number of nitrogens with one attached hydrogen (secondary N) is 1. The zero-order valence-electron chi connectivity index (χ0n) is 11.7. The van der Waals surface area contributed by atoms with E-state index < -0.39 is 0 Å². The lowest BCUT2D eigenvalue weighted by Crippen LogP contribution is -2.23. The predicted molar refractivity (Wildman–Crippen MR) is 81.0 cm³/mol. The molecule has 0 atom stereocenters. The Morgan fingerprint density at radius 2 is 2.14 bits per heavy atom. The summed E-state index contributed by atoms with van der Waals surface area (Å²) in [6.07, 6.45) is 1.84. The van der Waals surface area contributed by atoms with Crippen LogP contribution in [0.5, 0.6) is 0 Å². The van der Waals surface area contributed by atoms with E-state index in [1.807, 2.05) is 30.5 Å². The van der Waals surface area contributed by atoms with Crippen molar-refractivity contribution >= 4 is 28.6 Å². The van der Waals surface area contributed by atoms with E-state index in [0.29, 0.717) is 11.1 Å². The van der Waals surface area contributed by atoms with Gasteiger partial charge in [-0.05, 0) is 6.07 Å². The Morgan fingerprint density at radius 1 is 1.33 bits per heavy atom. The van der Waals surface area contributed by atoms with E-state index in [0.717, 1.165) is 16.5 Å². The second-order valence-electron chi connectivity index (χ2n) is 4.70. The summed E-state index contributed by atoms with van der Waals surface area (Å²) in [5.74, 6) is 0.738. The van der Waals surface area contributed by atoms with Crippen molar-refractivity contribution in [3.8, 4) is 11.5 Å². The molecular formula is C14H14N4O2S. The quantitative estimate of drug-likeness (QED) is 0.749. The van der Waals surface area contributed by atoms with Gasteiger partial charge in [0.25, 0.3) is 11.1 Å². The third kappa shape index (κ3) is 2.78. The van der Waals surface area contributed by atoms with E-state index >= 15 is 0 Å². The summed E-state index contributed by atoms with van der Waals surface area (Å²) in [4.78, 5) is 16.2. The summed E-state index contributed by atoms with van der Waals surface area (Å²) >= 11 is 1.24. The molecule has 21 heavy (non-hydrogen) atoms. The van der Waals surface area contributed by atoms with Crippen LogP contribution in [0.2, 0.25) is 0 Å². The molecule has 0 spiro atoms. The van der Waals surface area contributed by atoms with Gasteiger partial charge in [-0.15, -0.1) is 10.2 Å². The molecule has 0 bridgehead atoms. The number of thioether (sulfide) groups is 1. The molecule has 0 aliphatic rings. The standard InChI is InChI=1S/C14H14N4O2S/c1-18(2)12(19)8-21-14-17-16-13(20-14)10-7-15-11-6-4-3-5-9(10)11/h3-7,15H,8H2,1-2H3. The predicted octanol–water partition coefficient (Wildman–Crippen LogP) is 2.40. The minimum Gasteiger partial charge on any atom is -0.411 e. The van der Waals surface area contributed by atoms with Crippen molar-refractivity contribution in [1.82, 2.24) is 20.1 Å². The van der Waals surface area contributed by atoms with E-state index in [1.165, 1.54) is 16.7 Å². The maximum atomic E-state index is 11.5. The average Bonchev–Trinajstić information content (AvgIpc) is 3.10. The molecule has 108 valence electrons. The van der Waals surface area contributed by atoms with Gasteiger partial charge in [-0.25, -0.2) is 0 Å². The van der Waals surface area contributed by atoms with Gasteiger partial charge >= 0.3 is 0 Å². The number of hydrogen-bond acceptors (Lipinski definition) is 5. The van der Waals surface area contributed by atoms with Gasteiger partial charge in [0.05, 0.1) is 11.3 Å². The number of aromatic nitrogens is 3. The van der Waals surface area contributed by atoms with Crippen molar-refractivity contribution in [3.63, 3.8) is 0 Å². The number of aromatic amines is 1. The van der Waals surface area contributed by atoms with E-state index in [2.05, 4.69) is 15.2 Å². The molecule has 0 radical (unpaired) electrons. The Hall–Kier alpha value is -2.28. The average molecular weight is 302 g/mol. The third-order valence-corrected chi connectivity index (χ3v) is 3.85. The fourth-order valence-corrected chi connectivity index (χ4v) is 2.62. The summed E-state index contributed by atoms with van der Waals surface area (Å²) in [5.41, 5.74) is 1.88. The lowest BCUT2D eigenvalue weighted by atomic mass is 10.2. The smallest absolute Gasteiger partial charge is 0.277 e. The van der Waals surface area contributed by atoms with Crippen LogP contribution in [0.15, 0.2) is 40.1 Å². The molecule has 0 aliphatic heterocycles. The van der Waals surface area contributed by atoms with Gasteiger partial charge in [-0.2, -0.15) is 0 Å². The van der Waals surface area contributed by atoms with Gasteiger partial charge in [-0.3, -0.25) is 4.79 Å². The summed E-state index contributed by atoms with van der Waals surface area (Å²) in [6, 6.07) is 7.90. The van der Waals surface area contributed by atoms with Gasteiger partial charge in [0, 0.05) is 31.2 Å². The molecule has 2 heterocycles. The number of rotatable bonds is 4. The molecule has 6 nitrogen and oxygen atoms in total. The number of benzene rings is 1. The number of nitrogens with zero attached hydrogens (tertiary/aromatic N) is 3. The third-order valence-electron chi connectivity index (χ3n) is 3.04. The van der Waals surface area contributed by atoms with Gasteiger partial charge in [-0.1, -0.05) is 30.0 Å². The van der Waals surface area contributed by atoms with Crippen molar-refractivity contribution in [3.05, 3.63) is 30.5 Å². The molecule has 2 aromatic heterocycles. The topological polar surface area (TPSA) is 75.0 Å². The highest BCUT2D eigenvalue weighted by molar-refractivity contribution is 7.99. The first-order valence-corrected chi connectivity index (χ1v) is 7.36. The minimum absolute atomic E-state index is 0.00634. The molecular weight excluding hydrogens is 288 g/mol. The number of para-hydroxylation sites is 1. The highest BCUT2D eigenvalue weighted by Crippen LogP contribution is 2.29. The van der Waals surface area contributed by atoms with Crippen molar-refractivity contribution < 1.29 is 9.21 Å². The van der Waals surface area contributed by atoms with Crippen LogP contribution in [0.4, 0.5) is 0 Å². The van der Waals surface area contributed by atoms with Crippen LogP contribution in [0.3, 0.4) is 0 Å². The van der Waals surface area contributed by atoms with Crippen LogP contribution < -0.4 is 0 Å². The van der Waals surface area contributed by atoms with Crippen molar-refractivity contribution in [2.45, 2.75) is 5.22 Å². The van der Waals surface area contributed by atoms with Crippen LogP contribution in [0, 0.1) is 0 Å². The zero-order chi connectivity index (χ0) is 14.8. The Bertz CT molecular complexity index is 778. The summed E-state index contributed by atoms with van der Waals surface area (Å²) in [6.45, 7) is 0. The normalized spacial score (nSPS) is 11.0. The number of carbonyl (C=O) groups is 1. The number of H-pyrrole nitrogens is 1. The van der Waals surface area contributed by atoms with Crippen LogP contribution >= 0.6 is 11.8 Å². The Kier molecular flexibility index (Phi) is 3.66.